The van der Waals surface area contributed by atoms with Crippen molar-refractivity contribution in [2.24, 2.45) is 0 Å². The number of nitrogens with one attached hydrogen (secondary N) is 1. The molecule has 1 amide bonds. The Morgan fingerprint density at radius 1 is 1.32 bits per heavy atom. The largest absolute Gasteiger partial charge is 0.496 e. The van der Waals surface area contributed by atoms with E-state index in [9.17, 15) is 14.7 Å². The van der Waals surface area contributed by atoms with E-state index in [-0.39, 0.29) is 6.42 Å². The molecule has 0 aliphatic carbocycles. The number of aromatic nitrogens is 2. The second-order valence-electron chi connectivity index (χ2n) is 7.49. The van der Waals surface area contributed by atoms with Gasteiger partial charge in [-0.2, -0.15) is 0 Å². The lowest BCUT2D eigenvalue weighted by Crippen LogP contribution is -2.44. The molecule has 0 aliphatic rings. The van der Waals surface area contributed by atoms with Crippen molar-refractivity contribution in [2.75, 3.05) is 7.11 Å². The van der Waals surface area contributed by atoms with E-state index in [1.54, 1.807) is 46.2 Å². The van der Waals surface area contributed by atoms with Gasteiger partial charge in [0.25, 0.3) is 0 Å². The maximum absolute atomic E-state index is 12.0. The highest BCUT2D eigenvalue weighted by atomic mass is 16.6. The number of carbonyl (C=O) groups is 2. The van der Waals surface area contributed by atoms with Gasteiger partial charge in [0, 0.05) is 24.4 Å². The molecule has 1 atom stereocenters. The van der Waals surface area contributed by atoms with E-state index < -0.39 is 23.7 Å². The predicted octanol–water partition coefficient (Wildman–Crippen LogP) is 2.77. The lowest BCUT2D eigenvalue weighted by molar-refractivity contribution is -0.139. The number of imidazole rings is 1. The zero-order chi connectivity index (χ0) is 20.9. The molecule has 2 rings (SSSR count). The number of carbonyl (C=O) groups excluding carboxylic acids is 1. The van der Waals surface area contributed by atoms with Crippen LogP contribution >= 0.6 is 0 Å². The summed E-state index contributed by atoms with van der Waals surface area (Å²) in [7, 11) is 1.59. The molecule has 8 heteroatoms. The van der Waals surface area contributed by atoms with Gasteiger partial charge < -0.3 is 24.5 Å². The Bertz CT molecular complexity index is 839. The maximum Gasteiger partial charge on any atom is 0.408 e. The highest BCUT2D eigenvalue weighted by Gasteiger charge is 2.24. The van der Waals surface area contributed by atoms with Gasteiger partial charge in [-0.15, -0.1) is 0 Å². The third-order valence-electron chi connectivity index (χ3n) is 4.04. The van der Waals surface area contributed by atoms with Gasteiger partial charge in [-0.3, -0.25) is 0 Å². The Hall–Kier alpha value is -3.03. The number of methoxy groups -OCH3 is 1. The Balaban J connectivity index is 2.18. The van der Waals surface area contributed by atoms with Gasteiger partial charge >= 0.3 is 12.1 Å². The van der Waals surface area contributed by atoms with Gasteiger partial charge in [-0.25, -0.2) is 14.6 Å². The highest BCUT2D eigenvalue weighted by molar-refractivity contribution is 5.80. The molecule has 1 heterocycles. The summed E-state index contributed by atoms with van der Waals surface area (Å²) in [5, 5.41) is 11.9. The van der Waals surface area contributed by atoms with E-state index in [1.807, 2.05) is 23.8 Å². The molecule has 8 nitrogen and oxygen atoms in total. The van der Waals surface area contributed by atoms with Crippen LogP contribution in [-0.4, -0.2) is 45.5 Å². The summed E-state index contributed by atoms with van der Waals surface area (Å²) in [6.07, 6.45) is 2.94. The number of hydrogen-bond acceptors (Lipinski definition) is 5. The first-order valence-electron chi connectivity index (χ1n) is 8.95. The third-order valence-corrected chi connectivity index (χ3v) is 4.04. The fourth-order valence-electron chi connectivity index (χ4n) is 2.72. The molecule has 1 aromatic heterocycles. The van der Waals surface area contributed by atoms with Crippen molar-refractivity contribution in [1.82, 2.24) is 14.9 Å². The van der Waals surface area contributed by atoms with E-state index in [0.717, 1.165) is 17.0 Å². The zero-order valence-electron chi connectivity index (χ0n) is 16.9. The second-order valence-corrected chi connectivity index (χ2v) is 7.49. The van der Waals surface area contributed by atoms with Crippen LogP contribution in [0.2, 0.25) is 0 Å². The van der Waals surface area contributed by atoms with Crippen molar-refractivity contribution in [2.45, 2.75) is 52.3 Å². The summed E-state index contributed by atoms with van der Waals surface area (Å²) in [6.45, 7) is 7.60. The van der Waals surface area contributed by atoms with Crippen molar-refractivity contribution in [1.29, 1.82) is 0 Å². The molecule has 0 radical (unpaired) electrons. The van der Waals surface area contributed by atoms with Crippen LogP contribution in [0.25, 0.3) is 0 Å². The average Bonchev–Trinajstić information content (AvgIpc) is 2.97. The Morgan fingerprint density at radius 3 is 2.57 bits per heavy atom. The van der Waals surface area contributed by atoms with Crippen molar-refractivity contribution in [3.63, 3.8) is 0 Å². The van der Waals surface area contributed by atoms with Crippen LogP contribution in [0.15, 0.2) is 30.6 Å². The van der Waals surface area contributed by atoms with Crippen LogP contribution in [0, 0.1) is 6.92 Å². The van der Waals surface area contributed by atoms with Crippen LogP contribution < -0.4 is 10.1 Å². The lowest BCUT2D eigenvalue weighted by Gasteiger charge is -2.22. The highest BCUT2D eigenvalue weighted by Crippen LogP contribution is 2.22. The molecule has 0 saturated carbocycles. The van der Waals surface area contributed by atoms with Crippen molar-refractivity contribution < 1.29 is 24.2 Å². The molecule has 2 N–H and O–H groups in total. The first-order chi connectivity index (χ1) is 13.1. The van der Waals surface area contributed by atoms with Crippen molar-refractivity contribution in [3.05, 3.63) is 47.5 Å². The molecule has 1 unspecified atom stereocenters. The van der Waals surface area contributed by atoms with E-state index in [1.165, 1.54) is 0 Å². The van der Waals surface area contributed by atoms with Crippen LogP contribution in [0.1, 0.15) is 37.7 Å². The summed E-state index contributed by atoms with van der Waals surface area (Å²) in [5.41, 5.74) is 0.947. The minimum absolute atomic E-state index is 0.120. The third kappa shape index (κ3) is 6.00. The molecule has 0 aliphatic heterocycles. The zero-order valence-corrected chi connectivity index (χ0v) is 16.9. The number of carboxylic acids is 1. The number of alkyl carbamates (subject to hydrolysis) is 1. The quantitative estimate of drug-likeness (QED) is 0.755. The number of hydrogen-bond donors (Lipinski definition) is 2. The standard InChI is InChI=1S/C20H27N3O5/c1-13-21-8-9-23(13)12-15-10-14(6-7-17(15)27-5)11-16(18(24)25)22-19(26)28-20(2,3)4/h6-10,16H,11-12H2,1-5H3,(H,22,26)(H,24,25). The smallest absolute Gasteiger partial charge is 0.408 e. The Morgan fingerprint density at radius 2 is 2.04 bits per heavy atom. The van der Waals surface area contributed by atoms with Crippen LogP contribution in [0.3, 0.4) is 0 Å². The first-order valence-corrected chi connectivity index (χ1v) is 8.95. The number of amides is 1. The number of carboxylic acid groups (broad SMARTS) is 1. The van der Waals surface area contributed by atoms with Gasteiger partial charge in [0.2, 0.25) is 0 Å². The number of rotatable bonds is 7. The van der Waals surface area contributed by atoms with Crippen LogP contribution in [-0.2, 0) is 22.5 Å². The number of benzene rings is 1. The summed E-state index contributed by atoms with van der Waals surface area (Å²) in [5.74, 6) is 0.431. The summed E-state index contributed by atoms with van der Waals surface area (Å²) in [4.78, 5) is 27.8. The van der Waals surface area contributed by atoms with E-state index >= 15 is 0 Å². The van der Waals surface area contributed by atoms with Gasteiger partial charge in [0.1, 0.15) is 23.2 Å². The number of aliphatic carboxylic acids is 1. The minimum atomic E-state index is -1.13. The van der Waals surface area contributed by atoms with Gasteiger partial charge in [-0.1, -0.05) is 12.1 Å². The monoisotopic (exact) mass is 389 g/mol. The molecule has 0 bridgehead atoms. The summed E-state index contributed by atoms with van der Waals surface area (Å²) >= 11 is 0. The molecule has 1 aromatic carbocycles. The SMILES string of the molecule is COc1ccc(CC(NC(=O)OC(C)(C)C)C(=O)O)cc1Cn1ccnc1C. The topological polar surface area (TPSA) is 103 Å². The van der Waals surface area contributed by atoms with Crippen molar-refractivity contribution >= 4 is 12.1 Å². The number of aryl methyl sites for hydroxylation is 1. The van der Waals surface area contributed by atoms with Gasteiger partial charge in [0.05, 0.1) is 13.7 Å². The number of ether oxygens (including phenoxy) is 2. The first kappa shape index (κ1) is 21.3. The normalized spacial score (nSPS) is 12.3. The van der Waals surface area contributed by atoms with Gasteiger partial charge in [-0.05, 0) is 39.3 Å². The Labute approximate surface area is 164 Å². The van der Waals surface area contributed by atoms with E-state index in [2.05, 4.69) is 10.3 Å². The molecule has 0 fully saturated rings. The van der Waals surface area contributed by atoms with Crippen LogP contribution in [0.5, 0.6) is 5.75 Å². The Kier molecular flexibility index (Phi) is 6.66. The molecule has 2 aromatic rings. The molecule has 28 heavy (non-hydrogen) atoms. The average molecular weight is 389 g/mol. The molecule has 0 spiro atoms. The van der Waals surface area contributed by atoms with Gasteiger partial charge in [0.15, 0.2) is 0 Å². The maximum atomic E-state index is 12.0. The van der Waals surface area contributed by atoms with Crippen molar-refractivity contribution in [3.8, 4) is 5.75 Å². The lowest BCUT2D eigenvalue weighted by atomic mass is 10.0. The summed E-state index contributed by atoms with van der Waals surface area (Å²) in [6, 6.07) is 4.36. The second kappa shape index (κ2) is 8.77. The van der Waals surface area contributed by atoms with E-state index in [0.29, 0.717) is 12.3 Å². The fraction of sp³-hybridized carbons (Fsp3) is 0.450. The van der Waals surface area contributed by atoms with Crippen LogP contribution in [0.4, 0.5) is 4.79 Å². The number of nitrogens with zero attached hydrogens (tertiary/aromatic N) is 2. The predicted molar refractivity (Wildman–Crippen MR) is 104 cm³/mol. The molecule has 0 saturated heterocycles. The van der Waals surface area contributed by atoms with E-state index in [4.69, 9.17) is 9.47 Å². The molecule has 152 valence electrons. The summed E-state index contributed by atoms with van der Waals surface area (Å²) < 4.78 is 12.5. The fourth-order valence-corrected chi connectivity index (χ4v) is 2.72. The minimum Gasteiger partial charge on any atom is -0.496 e. The molecular formula is C20H27N3O5. The molecular weight excluding hydrogens is 362 g/mol.